The van der Waals surface area contributed by atoms with Crippen LogP contribution in [0.15, 0.2) is 52.9 Å². The number of esters is 3. The maximum atomic E-state index is 13.2. The van der Waals surface area contributed by atoms with Gasteiger partial charge in [-0.25, -0.2) is 14.4 Å². The molecule has 1 aliphatic rings. The van der Waals surface area contributed by atoms with E-state index in [9.17, 15) is 14.4 Å². The lowest BCUT2D eigenvalue weighted by Crippen LogP contribution is -2.34. The van der Waals surface area contributed by atoms with Crippen molar-refractivity contribution in [1.82, 2.24) is 5.32 Å². The van der Waals surface area contributed by atoms with Crippen molar-refractivity contribution < 1.29 is 28.6 Å². The van der Waals surface area contributed by atoms with E-state index in [1.165, 1.54) is 6.08 Å². The predicted octanol–water partition coefficient (Wildman–Crippen LogP) is 5.18. The van der Waals surface area contributed by atoms with Crippen molar-refractivity contribution in [1.29, 1.82) is 0 Å². The van der Waals surface area contributed by atoms with Crippen molar-refractivity contribution in [3.8, 4) is 0 Å². The lowest BCUT2D eigenvalue weighted by Gasteiger charge is -2.33. The number of ether oxygens (including phenoxy) is 3. The SMILES string of the molecule is CCOC(=O)C1=C(CC)NC(CC)=C(C(=O)OCC)C1c1ccccc1/C=C/C(=O)OC(C)(C)C. The normalized spacial score (nSPS) is 14.7. The highest BCUT2D eigenvalue weighted by molar-refractivity contribution is 6.00. The maximum Gasteiger partial charge on any atom is 0.336 e. The smallest absolute Gasteiger partial charge is 0.336 e. The molecule has 1 N–H and O–H groups in total. The first-order valence-corrected chi connectivity index (χ1v) is 12.1. The van der Waals surface area contributed by atoms with Crippen LogP contribution < -0.4 is 5.32 Å². The van der Waals surface area contributed by atoms with E-state index >= 15 is 0 Å². The molecule has 7 heteroatoms. The summed E-state index contributed by atoms with van der Waals surface area (Å²) in [7, 11) is 0. The Labute approximate surface area is 208 Å². The van der Waals surface area contributed by atoms with Gasteiger partial charge in [0.15, 0.2) is 0 Å². The van der Waals surface area contributed by atoms with Gasteiger partial charge in [-0.05, 0) is 64.7 Å². The quantitative estimate of drug-likeness (QED) is 0.294. The van der Waals surface area contributed by atoms with Gasteiger partial charge < -0.3 is 19.5 Å². The Hall–Kier alpha value is -3.35. The predicted molar refractivity (Wildman–Crippen MR) is 135 cm³/mol. The highest BCUT2D eigenvalue weighted by Crippen LogP contribution is 2.42. The molecule has 0 spiro atoms. The lowest BCUT2D eigenvalue weighted by molar-refractivity contribution is -0.148. The average molecular weight is 484 g/mol. The Morgan fingerprint density at radius 3 is 1.86 bits per heavy atom. The molecule has 190 valence electrons. The fourth-order valence-electron chi connectivity index (χ4n) is 4.00. The van der Waals surface area contributed by atoms with Gasteiger partial charge in [0.2, 0.25) is 0 Å². The number of dihydropyridines is 1. The van der Waals surface area contributed by atoms with Crippen molar-refractivity contribution >= 4 is 24.0 Å². The second-order valence-electron chi connectivity index (χ2n) is 8.99. The third-order valence-corrected chi connectivity index (χ3v) is 5.34. The van der Waals surface area contributed by atoms with Gasteiger partial charge in [-0.1, -0.05) is 38.1 Å². The van der Waals surface area contributed by atoms with Crippen molar-refractivity contribution in [3.63, 3.8) is 0 Å². The van der Waals surface area contributed by atoms with Crippen LogP contribution in [-0.2, 0) is 28.6 Å². The minimum Gasteiger partial charge on any atom is -0.463 e. The van der Waals surface area contributed by atoms with Crippen LogP contribution >= 0.6 is 0 Å². The molecule has 1 heterocycles. The van der Waals surface area contributed by atoms with E-state index in [1.807, 2.05) is 38.1 Å². The zero-order valence-corrected chi connectivity index (χ0v) is 21.8. The van der Waals surface area contributed by atoms with Crippen molar-refractivity contribution in [2.24, 2.45) is 0 Å². The van der Waals surface area contributed by atoms with E-state index in [0.29, 0.717) is 46.5 Å². The monoisotopic (exact) mass is 483 g/mol. The Bertz CT molecular complexity index is 1000. The van der Waals surface area contributed by atoms with E-state index in [2.05, 4.69) is 5.32 Å². The van der Waals surface area contributed by atoms with Gasteiger partial charge >= 0.3 is 17.9 Å². The number of allylic oxidation sites excluding steroid dienone is 2. The van der Waals surface area contributed by atoms with Crippen molar-refractivity contribution in [2.45, 2.75) is 72.8 Å². The van der Waals surface area contributed by atoms with Gasteiger partial charge in [0.05, 0.1) is 30.3 Å². The molecule has 0 saturated heterocycles. The summed E-state index contributed by atoms with van der Waals surface area (Å²) in [5, 5.41) is 3.29. The second-order valence-corrected chi connectivity index (χ2v) is 8.99. The maximum absolute atomic E-state index is 13.2. The van der Waals surface area contributed by atoms with Crippen LogP contribution in [0.5, 0.6) is 0 Å². The van der Waals surface area contributed by atoms with E-state index in [4.69, 9.17) is 14.2 Å². The van der Waals surface area contributed by atoms with Gasteiger partial charge in [0.1, 0.15) is 5.60 Å². The molecule has 0 radical (unpaired) electrons. The van der Waals surface area contributed by atoms with E-state index in [-0.39, 0.29) is 13.2 Å². The van der Waals surface area contributed by atoms with Crippen LogP contribution in [-0.4, -0.2) is 36.7 Å². The summed E-state index contributed by atoms with van der Waals surface area (Å²) < 4.78 is 16.2. The number of carbonyl (C=O) groups is 3. The Morgan fingerprint density at radius 2 is 1.40 bits per heavy atom. The van der Waals surface area contributed by atoms with Gasteiger partial charge in [-0.2, -0.15) is 0 Å². The second kappa shape index (κ2) is 12.4. The minimum atomic E-state index is -0.723. The highest BCUT2D eigenvalue weighted by Gasteiger charge is 2.39. The summed E-state index contributed by atoms with van der Waals surface area (Å²) in [6.07, 6.45) is 4.09. The van der Waals surface area contributed by atoms with Crippen molar-refractivity contribution in [3.05, 3.63) is 64.0 Å². The number of nitrogens with one attached hydrogen (secondary N) is 1. The molecular formula is C28H37NO6. The Kier molecular flexibility index (Phi) is 9.87. The molecule has 0 unspecified atom stereocenters. The first kappa shape index (κ1) is 27.9. The first-order valence-electron chi connectivity index (χ1n) is 12.1. The number of hydrogen-bond acceptors (Lipinski definition) is 7. The van der Waals surface area contributed by atoms with Gasteiger partial charge in [0.25, 0.3) is 0 Å². The van der Waals surface area contributed by atoms with Crippen molar-refractivity contribution in [2.75, 3.05) is 13.2 Å². The molecule has 0 bridgehead atoms. The summed E-state index contributed by atoms with van der Waals surface area (Å²) in [6.45, 7) is 13.2. The summed E-state index contributed by atoms with van der Waals surface area (Å²) in [4.78, 5) is 38.8. The minimum absolute atomic E-state index is 0.200. The summed E-state index contributed by atoms with van der Waals surface area (Å²) in [5.74, 6) is -2.20. The van der Waals surface area contributed by atoms with Gasteiger partial charge in [0, 0.05) is 17.5 Å². The van der Waals surface area contributed by atoms with E-state index in [0.717, 1.165) is 0 Å². The van der Waals surface area contributed by atoms with Crippen LogP contribution in [0, 0.1) is 0 Å². The van der Waals surface area contributed by atoms with Gasteiger partial charge in [-0.3, -0.25) is 0 Å². The molecule has 2 rings (SSSR count). The Balaban J connectivity index is 2.74. The molecule has 0 atom stereocenters. The molecule has 1 aromatic rings. The van der Waals surface area contributed by atoms with Gasteiger partial charge in [-0.15, -0.1) is 0 Å². The van der Waals surface area contributed by atoms with E-state index < -0.39 is 29.4 Å². The van der Waals surface area contributed by atoms with Crippen LogP contribution in [0.4, 0.5) is 0 Å². The third-order valence-electron chi connectivity index (χ3n) is 5.34. The van der Waals surface area contributed by atoms with E-state index in [1.54, 1.807) is 40.7 Å². The molecule has 0 saturated carbocycles. The number of rotatable bonds is 9. The van der Waals surface area contributed by atoms with Crippen LogP contribution in [0.2, 0.25) is 0 Å². The summed E-state index contributed by atoms with van der Waals surface area (Å²) >= 11 is 0. The first-order chi connectivity index (χ1) is 16.6. The van der Waals surface area contributed by atoms with Crippen LogP contribution in [0.3, 0.4) is 0 Å². The van der Waals surface area contributed by atoms with Crippen LogP contribution in [0.25, 0.3) is 6.08 Å². The molecular weight excluding hydrogens is 446 g/mol. The Morgan fingerprint density at radius 1 is 0.886 bits per heavy atom. The third kappa shape index (κ3) is 7.07. The largest absolute Gasteiger partial charge is 0.463 e. The molecule has 0 fully saturated rings. The molecule has 0 amide bonds. The average Bonchev–Trinajstić information content (AvgIpc) is 2.80. The fourth-order valence-corrected chi connectivity index (χ4v) is 4.00. The molecule has 1 aromatic carbocycles. The topological polar surface area (TPSA) is 90.9 Å². The number of carbonyl (C=O) groups excluding carboxylic acids is 3. The number of hydrogen-bond donors (Lipinski definition) is 1. The van der Waals surface area contributed by atoms with Crippen LogP contribution in [0.1, 0.15) is 78.4 Å². The molecule has 0 aliphatic carbocycles. The zero-order valence-electron chi connectivity index (χ0n) is 21.8. The molecule has 35 heavy (non-hydrogen) atoms. The number of benzene rings is 1. The zero-order chi connectivity index (χ0) is 26.2. The summed E-state index contributed by atoms with van der Waals surface area (Å²) in [6, 6.07) is 7.36. The molecule has 7 nitrogen and oxygen atoms in total. The molecule has 1 aliphatic heterocycles. The summed E-state index contributed by atoms with van der Waals surface area (Å²) in [5.41, 5.74) is 2.88. The highest BCUT2D eigenvalue weighted by atomic mass is 16.6. The fraction of sp³-hybridized carbons (Fsp3) is 0.464. The molecule has 0 aromatic heterocycles. The standard InChI is InChI=1S/C28H37NO6/c1-8-20-24(26(31)33-10-3)23(25(21(9-2)29-20)27(32)34-11-4)19-15-13-12-14-18(19)16-17-22(30)35-28(5,6)7/h12-17,23,29H,8-11H2,1-7H3/b17-16+. The lowest BCUT2D eigenvalue weighted by atomic mass is 9.77.